The first-order valence-electron chi connectivity index (χ1n) is 4.17. The van der Waals surface area contributed by atoms with Crippen molar-refractivity contribution in [2.45, 2.75) is 18.9 Å². The van der Waals surface area contributed by atoms with Gasteiger partial charge in [-0.1, -0.05) is 0 Å². The quantitative estimate of drug-likeness (QED) is 0.845. The maximum atomic E-state index is 11.5. The standard InChI is InChI=1S/C8H10BrN3O/c1-12-7(9)6(4-10-12)8(13)11-5-2-3-5/h4-5H,2-3H2,1H3,(H,11,13). The molecule has 1 aliphatic rings. The number of nitrogens with zero attached hydrogens (tertiary/aromatic N) is 2. The van der Waals surface area contributed by atoms with Crippen molar-refractivity contribution in [3.05, 3.63) is 16.4 Å². The third-order valence-corrected chi connectivity index (χ3v) is 2.96. The van der Waals surface area contributed by atoms with Crippen LogP contribution in [0.25, 0.3) is 0 Å². The predicted molar refractivity (Wildman–Crippen MR) is 51.4 cm³/mol. The number of rotatable bonds is 2. The summed E-state index contributed by atoms with van der Waals surface area (Å²) in [6, 6.07) is 0.389. The summed E-state index contributed by atoms with van der Waals surface area (Å²) in [5, 5.41) is 6.88. The third kappa shape index (κ3) is 1.75. The van der Waals surface area contributed by atoms with E-state index in [2.05, 4.69) is 26.3 Å². The Morgan fingerprint density at radius 1 is 1.77 bits per heavy atom. The molecule has 1 amide bonds. The van der Waals surface area contributed by atoms with Crippen molar-refractivity contribution in [3.8, 4) is 0 Å². The van der Waals surface area contributed by atoms with E-state index in [0.29, 0.717) is 11.6 Å². The van der Waals surface area contributed by atoms with Crippen molar-refractivity contribution in [3.63, 3.8) is 0 Å². The molecule has 0 saturated heterocycles. The number of nitrogens with one attached hydrogen (secondary N) is 1. The zero-order valence-electron chi connectivity index (χ0n) is 7.25. The van der Waals surface area contributed by atoms with Gasteiger partial charge in [0.1, 0.15) is 4.60 Å². The van der Waals surface area contributed by atoms with Crippen LogP contribution in [0.1, 0.15) is 23.2 Å². The Morgan fingerprint density at radius 2 is 2.46 bits per heavy atom. The van der Waals surface area contributed by atoms with Crippen molar-refractivity contribution < 1.29 is 4.79 Å². The summed E-state index contributed by atoms with van der Waals surface area (Å²) in [5.74, 6) is -0.0394. The number of hydrogen-bond donors (Lipinski definition) is 1. The maximum absolute atomic E-state index is 11.5. The van der Waals surface area contributed by atoms with Gasteiger partial charge in [0, 0.05) is 13.1 Å². The van der Waals surface area contributed by atoms with E-state index in [4.69, 9.17) is 0 Å². The molecule has 0 aliphatic heterocycles. The number of aryl methyl sites for hydroxylation is 1. The fourth-order valence-electron chi connectivity index (χ4n) is 1.07. The first-order valence-corrected chi connectivity index (χ1v) is 4.96. The van der Waals surface area contributed by atoms with Gasteiger partial charge in [-0.05, 0) is 28.8 Å². The van der Waals surface area contributed by atoms with E-state index in [1.165, 1.54) is 0 Å². The predicted octanol–water partition coefficient (Wildman–Crippen LogP) is 1.07. The number of amides is 1. The minimum atomic E-state index is -0.0394. The van der Waals surface area contributed by atoms with E-state index in [9.17, 15) is 4.79 Å². The lowest BCUT2D eigenvalue weighted by Gasteiger charge is -2.00. The minimum Gasteiger partial charge on any atom is -0.349 e. The van der Waals surface area contributed by atoms with Crippen LogP contribution >= 0.6 is 15.9 Å². The van der Waals surface area contributed by atoms with Crippen LogP contribution in [0.3, 0.4) is 0 Å². The smallest absolute Gasteiger partial charge is 0.255 e. The van der Waals surface area contributed by atoms with E-state index in [0.717, 1.165) is 17.4 Å². The van der Waals surface area contributed by atoms with Crippen molar-refractivity contribution >= 4 is 21.8 Å². The van der Waals surface area contributed by atoms with E-state index in [-0.39, 0.29) is 5.91 Å². The van der Waals surface area contributed by atoms with Gasteiger partial charge in [0.2, 0.25) is 0 Å². The average Bonchev–Trinajstić information content (AvgIpc) is 2.82. The molecule has 1 aromatic heterocycles. The van der Waals surface area contributed by atoms with Crippen molar-refractivity contribution in [1.82, 2.24) is 15.1 Å². The summed E-state index contributed by atoms with van der Waals surface area (Å²) < 4.78 is 2.35. The molecule has 1 fully saturated rings. The van der Waals surface area contributed by atoms with Gasteiger partial charge in [0.25, 0.3) is 5.91 Å². The lowest BCUT2D eigenvalue weighted by Crippen LogP contribution is -2.25. The Kier molecular flexibility index (Phi) is 2.11. The highest BCUT2D eigenvalue weighted by molar-refractivity contribution is 9.10. The van der Waals surface area contributed by atoms with Gasteiger partial charge in [-0.2, -0.15) is 5.10 Å². The molecular formula is C8H10BrN3O. The monoisotopic (exact) mass is 243 g/mol. The van der Waals surface area contributed by atoms with E-state index in [1.807, 2.05) is 0 Å². The Hall–Kier alpha value is -0.840. The summed E-state index contributed by atoms with van der Waals surface area (Å²) in [6.45, 7) is 0. The van der Waals surface area contributed by atoms with Crippen LogP contribution in [-0.4, -0.2) is 21.7 Å². The first kappa shape index (κ1) is 8.74. The van der Waals surface area contributed by atoms with Gasteiger partial charge >= 0.3 is 0 Å². The molecular weight excluding hydrogens is 234 g/mol. The fraction of sp³-hybridized carbons (Fsp3) is 0.500. The van der Waals surface area contributed by atoms with Crippen molar-refractivity contribution in [1.29, 1.82) is 0 Å². The zero-order chi connectivity index (χ0) is 9.42. The van der Waals surface area contributed by atoms with Gasteiger partial charge in [0.15, 0.2) is 0 Å². The fourth-order valence-corrected chi connectivity index (χ4v) is 1.44. The Bertz CT molecular complexity index is 343. The Labute approximate surface area is 84.4 Å². The Morgan fingerprint density at radius 3 is 2.92 bits per heavy atom. The highest BCUT2D eigenvalue weighted by Gasteiger charge is 2.25. The summed E-state index contributed by atoms with van der Waals surface area (Å²) in [7, 11) is 1.79. The SMILES string of the molecule is Cn1ncc(C(=O)NC2CC2)c1Br. The molecule has 0 atom stereocenters. The maximum Gasteiger partial charge on any atom is 0.255 e. The lowest BCUT2D eigenvalue weighted by molar-refractivity contribution is 0.0950. The second-order valence-corrected chi connectivity index (χ2v) is 3.97. The average molecular weight is 244 g/mol. The summed E-state index contributed by atoms with van der Waals surface area (Å²) in [4.78, 5) is 11.5. The van der Waals surface area contributed by atoms with Gasteiger partial charge in [-0.25, -0.2) is 0 Å². The molecule has 70 valence electrons. The zero-order valence-corrected chi connectivity index (χ0v) is 8.84. The molecule has 13 heavy (non-hydrogen) atoms. The normalized spacial score (nSPS) is 15.8. The molecule has 1 saturated carbocycles. The van der Waals surface area contributed by atoms with E-state index in [1.54, 1.807) is 17.9 Å². The molecule has 0 bridgehead atoms. The largest absolute Gasteiger partial charge is 0.349 e. The number of aromatic nitrogens is 2. The topological polar surface area (TPSA) is 46.9 Å². The molecule has 5 heteroatoms. The summed E-state index contributed by atoms with van der Waals surface area (Å²) in [5.41, 5.74) is 0.606. The van der Waals surface area contributed by atoms with Crippen LogP contribution in [0.2, 0.25) is 0 Å². The van der Waals surface area contributed by atoms with Crippen LogP contribution in [0, 0.1) is 0 Å². The van der Waals surface area contributed by atoms with E-state index >= 15 is 0 Å². The minimum absolute atomic E-state index is 0.0394. The summed E-state index contributed by atoms with van der Waals surface area (Å²) in [6.07, 6.45) is 3.77. The molecule has 0 aromatic carbocycles. The molecule has 1 aromatic rings. The molecule has 4 nitrogen and oxygen atoms in total. The van der Waals surface area contributed by atoms with Crippen LogP contribution in [0.4, 0.5) is 0 Å². The van der Waals surface area contributed by atoms with Crippen molar-refractivity contribution in [2.24, 2.45) is 7.05 Å². The molecule has 1 heterocycles. The molecule has 2 rings (SSSR count). The molecule has 0 unspecified atom stereocenters. The highest BCUT2D eigenvalue weighted by atomic mass is 79.9. The van der Waals surface area contributed by atoms with Gasteiger partial charge in [-0.3, -0.25) is 9.48 Å². The van der Waals surface area contributed by atoms with E-state index < -0.39 is 0 Å². The summed E-state index contributed by atoms with van der Waals surface area (Å²) >= 11 is 3.30. The molecule has 1 aliphatic carbocycles. The second kappa shape index (κ2) is 3.14. The van der Waals surface area contributed by atoms with Crippen LogP contribution in [-0.2, 0) is 7.05 Å². The Balaban J connectivity index is 2.14. The van der Waals surface area contributed by atoms with Crippen LogP contribution < -0.4 is 5.32 Å². The number of carbonyl (C=O) groups excluding carboxylic acids is 1. The number of carbonyl (C=O) groups is 1. The highest BCUT2D eigenvalue weighted by Crippen LogP contribution is 2.21. The number of halogens is 1. The third-order valence-electron chi connectivity index (χ3n) is 2.02. The first-order chi connectivity index (χ1) is 6.18. The molecule has 1 N–H and O–H groups in total. The van der Waals surface area contributed by atoms with Crippen LogP contribution in [0.15, 0.2) is 10.8 Å². The van der Waals surface area contributed by atoms with Crippen LogP contribution in [0.5, 0.6) is 0 Å². The van der Waals surface area contributed by atoms with Crippen molar-refractivity contribution in [2.75, 3.05) is 0 Å². The molecule has 0 spiro atoms. The second-order valence-electron chi connectivity index (χ2n) is 3.22. The molecule has 0 radical (unpaired) electrons. The number of hydrogen-bond acceptors (Lipinski definition) is 2. The van der Waals surface area contributed by atoms with Gasteiger partial charge in [0.05, 0.1) is 11.8 Å². The van der Waals surface area contributed by atoms with Gasteiger partial charge in [-0.15, -0.1) is 0 Å². The van der Waals surface area contributed by atoms with Gasteiger partial charge < -0.3 is 5.32 Å². The lowest BCUT2D eigenvalue weighted by atomic mass is 10.3.